The predicted molar refractivity (Wildman–Crippen MR) is 37.8 cm³/mol. The molecule has 0 spiro atoms. The normalized spacial score (nSPS) is 14.6. The third-order valence-corrected chi connectivity index (χ3v) is 1.55. The second-order valence-electron chi connectivity index (χ2n) is 2.31. The minimum absolute atomic E-state index is 0.0672. The second-order valence-corrected chi connectivity index (χ2v) is 2.31. The van der Waals surface area contributed by atoms with Crippen molar-refractivity contribution in [2.75, 3.05) is 0 Å². The van der Waals surface area contributed by atoms with Crippen molar-refractivity contribution in [1.82, 2.24) is 4.98 Å². The first kappa shape index (κ1) is 6.15. The topological polar surface area (TPSA) is 46.2 Å². The zero-order valence-corrected chi connectivity index (χ0v) is 5.98. The Labute approximate surface area is 63.2 Å². The van der Waals surface area contributed by atoms with Crippen LogP contribution >= 0.6 is 0 Å². The summed E-state index contributed by atoms with van der Waals surface area (Å²) in [4.78, 5) is 19.0. The Hall–Kier alpha value is -1.58. The van der Waals surface area contributed by atoms with Crippen molar-refractivity contribution in [3.63, 3.8) is 0 Å². The Morgan fingerprint density at radius 2 is 2.36 bits per heavy atom. The van der Waals surface area contributed by atoms with E-state index in [1.807, 2.05) is 0 Å². The van der Waals surface area contributed by atoms with Crippen molar-refractivity contribution < 1.29 is 9.36 Å². The lowest BCUT2D eigenvalue weighted by Gasteiger charge is -1.86. The SMILES string of the molecule is CC1=Nc2cncc[n+]2C1=O. The molecule has 4 heteroatoms. The first-order chi connectivity index (χ1) is 5.29. The van der Waals surface area contributed by atoms with Crippen LogP contribution < -0.4 is 4.57 Å². The van der Waals surface area contributed by atoms with Crippen molar-refractivity contribution in [2.24, 2.45) is 4.99 Å². The molecule has 1 aromatic rings. The molecule has 1 aliphatic rings. The monoisotopic (exact) mass is 148 g/mol. The number of hydrogen-bond donors (Lipinski definition) is 0. The minimum atomic E-state index is -0.0672. The summed E-state index contributed by atoms with van der Waals surface area (Å²) in [5.74, 6) is 0.539. The van der Waals surface area contributed by atoms with Gasteiger partial charge in [0.05, 0.1) is 6.20 Å². The van der Waals surface area contributed by atoms with E-state index >= 15 is 0 Å². The molecule has 0 bridgehead atoms. The largest absolute Gasteiger partial charge is 0.385 e. The van der Waals surface area contributed by atoms with Gasteiger partial charge in [-0.1, -0.05) is 0 Å². The van der Waals surface area contributed by atoms with E-state index in [9.17, 15) is 4.79 Å². The molecule has 0 atom stereocenters. The second kappa shape index (κ2) is 1.95. The van der Waals surface area contributed by atoms with Gasteiger partial charge < -0.3 is 0 Å². The lowest BCUT2D eigenvalue weighted by atomic mass is 10.4. The Kier molecular flexibility index (Phi) is 1.09. The highest BCUT2D eigenvalue weighted by Gasteiger charge is 2.30. The summed E-state index contributed by atoms with van der Waals surface area (Å²) < 4.78 is 1.47. The Morgan fingerprint density at radius 1 is 1.55 bits per heavy atom. The lowest BCUT2D eigenvalue weighted by Crippen LogP contribution is -2.41. The highest BCUT2D eigenvalue weighted by molar-refractivity contribution is 6.36. The Balaban J connectivity index is 2.67. The maximum Gasteiger partial charge on any atom is 0.385 e. The van der Waals surface area contributed by atoms with E-state index in [1.54, 1.807) is 25.5 Å². The molecule has 0 N–H and O–H groups in total. The molecule has 2 heterocycles. The van der Waals surface area contributed by atoms with Crippen LogP contribution in [0.1, 0.15) is 11.7 Å². The van der Waals surface area contributed by atoms with Crippen LogP contribution in [0.15, 0.2) is 23.6 Å². The fraction of sp³-hybridized carbons (Fsp3) is 0.143. The van der Waals surface area contributed by atoms with E-state index in [0.717, 1.165) is 0 Å². The summed E-state index contributed by atoms with van der Waals surface area (Å²) in [6, 6.07) is 0. The molecule has 2 rings (SSSR count). The van der Waals surface area contributed by atoms with Gasteiger partial charge in [0.1, 0.15) is 12.4 Å². The van der Waals surface area contributed by atoms with Gasteiger partial charge in [0, 0.05) is 6.92 Å². The first-order valence-corrected chi connectivity index (χ1v) is 3.25. The highest BCUT2D eigenvalue weighted by atomic mass is 16.2. The van der Waals surface area contributed by atoms with Crippen LogP contribution in [0.25, 0.3) is 0 Å². The molecule has 1 aromatic heterocycles. The summed E-state index contributed by atoms with van der Waals surface area (Å²) >= 11 is 0. The van der Waals surface area contributed by atoms with Gasteiger partial charge in [-0.3, -0.25) is 4.98 Å². The quantitative estimate of drug-likeness (QED) is 0.490. The number of carbonyl (C=O) groups is 1. The average molecular weight is 148 g/mol. The van der Waals surface area contributed by atoms with Crippen LogP contribution in [0.3, 0.4) is 0 Å². The fourth-order valence-electron chi connectivity index (χ4n) is 1.00. The van der Waals surface area contributed by atoms with Gasteiger partial charge in [-0.2, -0.15) is 4.57 Å². The highest BCUT2D eigenvalue weighted by Crippen LogP contribution is 2.07. The van der Waals surface area contributed by atoms with E-state index in [2.05, 4.69) is 9.98 Å². The third-order valence-electron chi connectivity index (χ3n) is 1.55. The molecule has 0 radical (unpaired) electrons. The molecule has 0 aliphatic carbocycles. The summed E-state index contributed by atoms with van der Waals surface area (Å²) in [5.41, 5.74) is 0.512. The van der Waals surface area contributed by atoms with Crippen molar-refractivity contribution in [3.8, 4) is 0 Å². The predicted octanol–water partition coefficient (Wildman–Crippen LogP) is 0.115. The molecule has 0 saturated heterocycles. The van der Waals surface area contributed by atoms with Crippen LogP contribution in [0.4, 0.5) is 5.82 Å². The van der Waals surface area contributed by atoms with Gasteiger partial charge in [-0.05, 0) is 4.99 Å². The van der Waals surface area contributed by atoms with Gasteiger partial charge >= 0.3 is 11.7 Å². The minimum Gasteiger partial charge on any atom is -0.252 e. The molecule has 1 aliphatic heterocycles. The van der Waals surface area contributed by atoms with Crippen molar-refractivity contribution in [3.05, 3.63) is 18.6 Å². The van der Waals surface area contributed by atoms with E-state index in [-0.39, 0.29) is 5.91 Å². The maximum absolute atomic E-state index is 11.2. The van der Waals surface area contributed by atoms with Crippen LogP contribution in [0.2, 0.25) is 0 Å². The van der Waals surface area contributed by atoms with Crippen LogP contribution in [-0.2, 0) is 0 Å². The van der Waals surface area contributed by atoms with Gasteiger partial charge in [-0.15, -0.1) is 0 Å². The number of fused-ring (bicyclic) bond motifs is 1. The summed E-state index contributed by atoms with van der Waals surface area (Å²) in [5, 5.41) is 0. The van der Waals surface area contributed by atoms with Crippen molar-refractivity contribution in [2.45, 2.75) is 6.92 Å². The lowest BCUT2D eigenvalue weighted by molar-refractivity contribution is -0.551. The molecular weight excluding hydrogens is 142 g/mol. The number of rotatable bonds is 0. The number of aliphatic imine (C=N–C) groups is 1. The number of carbonyl (C=O) groups excluding carboxylic acids is 1. The maximum atomic E-state index is 11.2. The summed E-state index contributed by atoms with van der Waals surface area (Å²) in [7, 11) is 0. The van der Waals surface area contributed by atoms with Crippen molar-refractivity contribution >= 4 is 17.4 Å². The number of nitrogens with zero attached hydrogens (tertiary/aromatic N) is 3. The number of hydrogen-bond acceptors (Lipinski definition) is 3. The van der Waals surface area contributed by atoms with Crippen LogP contribution in [-0.4, -0.2) is 16.6 Å². The molecule has 0 aromatic carbocycles. The zero-order chi connectivity index (χ0) is 7.84. The van der Waals surface area contributed by atoms with Crippen LogP contribution in [0, 0.1) is 0 Å². The van der Waals surface area contributed by atoms with Crippen LogP contribution in [0.5, 0.6) is 0 Å². The molecule has 0 unspecified atom stereocenters. The van der Waals surface area contributed by atoms with Gasteiger partial charge in [-0.25, -0.2) is 4.79 Å². The third kappa shape index (κ3) is 0.756. The molecule has 0 amide bonds. The van der Waals surface area contributed by atoms with E-state index < -0.39 is 0 Å². The molecular formula is C7H6N3O+. The molecule has 0 saturated carbocycles. The smallest absolute Gasteiger partial charge is 0.252 e. The van der Waals surface area contributed by atoms with E-state index in [1.165, 1.54) is 4.57 Å². The van der Waals surface area contributed by atoms with Crippen molar-refractivity contribution in [1.29, 1.82) is 0 Å². The van der Waals surface area contributed by atoms with Gasteiger partial charge in [0.2, 0.25) is 5.71 Å². The van der Waals surface area contributed by atoms with E-state index in [4.69, 9.17) is 0 Å². The Bertz CT molecular complexity index is 356. The molecule has 11 heavy (non-hydrogen) atoms. The molecule has 4 nitrogen and oxygen atoms in total. The van der Waals surface area contributed by atoms with E-state index in [0.29, 0.717) is 11.5 Å². The molecule has 0 fully saturated rings. The first-order valence-electron chi connectivity index (χ1n) is 3.25. The zero-order valence-electron chi connectivity index (χ0n) is 5.98. The average Bonchev–Trinajstić information content (AvgIpc) is 2.30. The standard InChI is InChI=1S/C7H6N3O/c1-5-7(11)10-3-2-8-4-6(10)9-5/h2-4H,1H3/q+1. The number of aromatic nitrogens is 2. The molecule has 54 valence electrons. The summed E-state index contributed by atoms with van der Waals surface area (Å²) in [6.07, 6.45) is 4.74. The Morgan fingerprint density at radius 3 is 3.09 bits per heavy atom. The van der Waals surface area contributed by atoms with Gasteiger partial charge in [0.15, 0.2) is 0 Å². The summed E-state index contributed by atoms with van der Waals surface area (Å²) in [6.45, 7) is 1.69. The fourth-order valence-corrected chi connectivity index (χ4v) is 1.00. The van der Waals surface area contributed by atoms with Gasteiger partial charge in [0.25, 0.3) is 0 Å².